The van der Waals surface area contributed by atoms with Crippen molar-refractivity contribution in [2.45, 2.75) is 0 Å². The zero-order valence-corrected chi connectivity index (χ0v) is 29.0. The average Bonchev–Trinajstić information content (AvgIpc) is 3.30. The van der Waals surface area contributed by atoms with Gasteiger partial charge in [-0.3, -0.25) is 0 Å². The predicted molar refractivity (Wildman–Crippen MR) is 225 cm³/mol. The van der Waals surface area contributed by atoms with Crippen LogP contribution in [0.15, 0.2) is 200 Å². The van der Waals surface area contributed by atoms with E-state index in [2.05, 4.69) is 115 Å². The van der Waals surface area contributed by atoms with Crippen molar-refractivity contribution in [3.05, 3.63) is 200 Å². The SMILES string of the molecule is [2H]c1c([2H])c([2H])c(-c2nc(-c3ccccc3)nc(-c3ccc(-c4c5ccccc5c(-c5ccc(-c6ccccc6)cc5)c5ccccc45)c4ccccc34)n2)c([2H])c1[2H]. The lowest BCUT2D eigenvalue weighted by molar-refractivity contribution is 1.08. The summed E-state index contributed by atoms with van der Waals surface area (Å²) in [6, 6.07) is 56.1. The molecule has 0 aliphatic carbocycles. The maximum Gasteiger partial charge on any atom is 0.164 e. The topological polar surface area (TPSA) is 38.7 Å². The predicted octanol–water partition coefficient (Wildman–Crippen LogP) is 13.3. The molecule has 3 nitrogen and oxygen atoms in total. The largest absolute Gasteiger partial charge is 0.208 e. The van der Waals surface area contributed by atoms with Gasteiger partial charge in [0.15, 0.2) is 17.5 Å². The molecule has 252 valence electrons. The second-order valence-corrected chi connectivity index (χ2v) is 13.2. The fourth-order valence-electron chi connectivity index (χ4n) is 7.59. The second kappa shape index (κ2) is 13.4. The maximum atomic E-state index is 8.75. The molecular formula is C51H33N3. The lowest BCUT2D eigenvalue weighted by Crippen LogP contribution is -2.00. The van der Waals surface area contributed by atoms with E-state index >= 15 is 0 Å². The number of nitrogens with zero attached hydrogens (tertiary/aromatic N) is 3. The summed E-state index contributed by atoms with van der Waals surface area (Å²) in [5.74, 6) is 0.658. The number of hydrogen-bond donors (Lipinski definition) is 0. The molecule has 0 saturated heterocycles. The van der Waals surface area contributed by atoms with Gasteiger partial charge in [0.1, 0.15) is 0 Å². The van der Waals surface area contributed by atoms with Crippen molar-refractivity contribution in [1.82, 2.24) is 15.0 Å². The Bertz CT molecular complexity index is 3180. The molecule has 3 heteroatoms. The first-order chi connectivity index (χ1) is 28.9. The van der Waals surface area contributed by atoms with E-state index in [0.717, 1.165) is 54.6 Å². The van der Waals surface area contributed by atoms with Gasteiger partial charge in [-0.25, -0.2) is 15.0 Å². The molecule has 0 aliphatic rings. The molecule has 0 radical (unpaired) electrons. The summed E-state index contributed by atoms with van der Waals surface area (Å²) < 4.78 is 42.4. The van der Waals surface area contributed by atoms with Gasteiger partial charge in [-0.2, -0.15) is 0 Å². The Morgan fingerprint density at radius 3 is 1.28 bits per heavy atom. The van der Waals surface area contributed by atoms with E-state index in [1.54, 1.807) is 0 Å². The average molecular weight is 693 g/mol. The third kappa shape index (κ3) is 5.51. The lowest BCUT2D eigenvalue weighted by Gasteiger charge is -2.19. The van der Waals surface area contributed by atoms with Gasteiger partial charge in [0, 0.05) is 16.7 Å². The van der Waals surface area contributed by atoms with Crippen molar-refractivity contribution in [2.24, 2.45) is 0 Å². The summed E-state index contributed by atoms with van der Waals surface area (Å²) in [7, 11) is 0. The molecule has 1 heterocycles. The first kappa shape index (κ1) is 26.5. The Kier molecular flexibility index (Phi) is 6.58. The second-order valence-electron chi connectivity index (χ2n) is 13.2. The molecule has 0 N–H and O–H groups in total. The Morgan fingerprint density at radius 1 is 0.278 bits per heavy atom. The van der Waals surface area contributed by atoms with Crippen molar-refractivity contribution in [1.29, 1.82) is 0 Å². The van der Waals surface area contributed by atoms with Gasteiger partial charge in [-0.05, 0) is 71.8 Å². The number of benzene rings is 9. The molecule has 10 aromatic rings. The maximum absolute atomic E-state index is 8.75. The first-order valence-corrected chi connectivity index (χ1v) is 17.9. The van der Waals surface area contributed by atoms with Gasteiger partial charge in [-0.1, -0.05) is 194 Å². The summed E-state index contributed by atoms with van der Waals surface area (Å²) in [5, 5.41) is 6.44. The fraction of sp³-hybridized carbons (Fsp3) is 0. The Labute approximate surface area is 321 Å². The fourth-order valence-corrected chi connectivity index (χ4v) is 7.59. The molecule has 54 heavy (non-hydrogen) atoms. The van der Waals surface area contributed by atoms with E-state index in [-0.39, 0.29) is 23.5 Å². The summed E-state index contributed by atoms with van der Waals surface area (Å²) in [6.45, 7) is 0. The van der Waals surface area contributed by atoms with Crippen LogP contribution in [0.25, 0.3) is 99.9 Å². The van der Waals surface area contributed by atoms with E-state index < -0.39 is 18.1 Å². The van der Waals surface area contributed by atoms with Crippen LogP contribution >= 0.6 is 0 Å². The van der Waals surface area contributed by atoms with Gasteiger partial charge in [0.05, 0.1) is 6.85 Å². The number of aromatic nitrogens is 3. The highest BCUT2D eigenvalue weighted by Gasteiger charge is 2.20. The molecule has 0 atom stereocenters. The van der Waals surface area contributed by atoms with E-state index in [9.17, 15) is 0 Å². The van der Waals surface area contributed by atoms with Crippen LogP contribution in [0, 0.1) is 0 Å². The van der Waals surface area contributed by atoms with Gasteiger partial charge in [0.2, 0.25) is 0 Å². The smallest absolute Gasteiger partial charge is 0.164 e. The Morgan fingerprint density at radius 2 is 0.685 bits per heavy atom. The minimum Gasteiger partial charge on any atom is -0.208 e. The summed E-state index contributed by atoms with van der Waals surface area (Å²) >= 11 is 0. The van der Waals surface area contributed by atoms with Crippen LogP contribution in [0.5, 0.6) is 0 Å². The van der Waals surface area contributed by atoms with E-state index in [4.69, 9.17) is 21.8 Å². The van der Waals surface area contributed by atoms with Crippen molar-refractivity contribution in [3.8, 4) is 67.5 Å². The number of rotatable bonds is 6. The quantitative estimate of drug-likeness (QED) is 0.163. The van der Waals surface area contributed by atoms with Crippen LogP contribution < -0.4 is 0 Å². The van der Waals surface area contributed by atoms with Crippen LogP contribution in [0.1, 0.15) is 6.85 Å². The monoisotopic (exact) mass is 692 g/mol. The minimum atomic E-state index is -0.475. The molecule has 0 spiro atoms. The highest BCUT2D eigenvalue weighted by molar-refractivity contribution is 6.24. The Hall–Kier alpha value is -7.23. The minimum absolute atomic E-state index is 0.00314. The molecule has 0 unspecified atom stereocenters. The molecule has 0 fully saturated rings. The highest BCUT2D eigenvalue weighted by atomic mass is 15.0. The third-order valence-corrected chi connectivity index (χ3v) is 10.0. The molecule has 0 bridgehead atoms. The molecule has 1 aromatic heterocycles. The summed E-state index contributed by atoms with van der Waals surface area (Å²) in [5.41, 5.74) is 8.18. The summed E-state index contributed by atoms with van der Waals surface area (Å²) in [4.78, 5) is 14.5. The van der Waals surface area contributed by atoms with Crippen molar-refractivity contribution >= 4 is 32.3 Å². The van der Waals surface area contributed by atoms with Gasteiger partial charge in [-0.15, -0.1) is 0 Å². The van der Waals surface area contributed by atoms with E-state index in [1.807, 2.05) is 54.6 Å². The number of fused-ring (bicyclic) bond motifs is 3. The molecule has 0 aliphatic heterocycles. The number of hydrogen-bond acceptors (Lipinski definition) is 3. The third-order valence-electron chi connectivity index (χ3n) is 10.0. The molecule has 9 aromatic carbocycles. The van der Waals surface area contributed by atoms with Crippen LogP contribution in [-0.2, 0) is 0 Å². The first-order valence-electron chi connectivity index (χ1n) is 20.4. The molecule has 10 rings (SSSR count). The van der Waals surface area contributed by atoms with Crippen LogP contribution in [0.3, 0.4) is 0 Å². The van der Waals surface area contributed by atoms with Crippen LogP contribution in [-0.4, -0.2) is 15.0 Å². The molecule has 0 saturated carbocycles. The highest BCUT2D eigenvalue weighted by Crippen LogP contribution is 2.46. The standard InChI is InChI=1S/C51H33N3/c1-4-16-34(17-5-1)35-28-30-36(31-29-35)47-41-24-12-14-26-43(41)48(44-27-15-13-25-42(44)47)45-32-33-46(40-23-11-10-22-39(40)45)51-53-49(37-18-6-2-7-19-37)52-50(54-51)38-20-8-3-9-21-38/h1-33H/i2D,6D,7D,18D,19D. The van der Waals surface area contributed by atoms with Gasteiger partial charge >= 0.3 is 0 Å². The molecular weight excluding hydrogens is 655 g/mol. The zero-order chi connectivity index (χ0) is 40.2. The van der Waals surface area contributed by atoms with Crippen molar-refractivity contribution in [3.63, 3.8) is 0 Å². The summed E-state index contributed by atoms with van der Waals surface area (Å²) in [6.07, 6.45) is 0. The Balaban J connectivity index is 1.20. The van der Waals surface area contributed by atoms with E-state index in [1.165, 1.54) is 16.7 Å². The lowest BCUT2D eigenvalue weighted by atomic mass is 9.84. The van der Waals surface area contributed by atoms with Gasteiger partial charge < -0.3 is 0 Å². The van der Waals surface area contributed by atoms with Crippen LogP contribution in [0.2, 0.25) is 0 Å². The normalized spacial score (nSPS) is 12.6. The van der Waals surface area contributed by atoms with Crippen molar-refractivity contribution in [2.75, 3.05) is 0 Å². The van der Waals surface area contributed by atoms with Crippen molar-refractivity contribution < 1.29 is 6.85 Å². The molecule has 0 amide bonds. The van der Waals surface area contributed by atoms with Crippen LogP contribution in [0.4, 0.5) is 0 Å². The zero-order valence-electron chi connectivity index (χ0n) is 34.0. The van der Waals surface area contributed by atoms with E-state index in [0.29, 0.717) is 17.2 Å². The van der Waals surface area contributed by atoms with Gasteiger partial charge in [0.25, 0.3) is 0 Å².